The number of ether oxygens (including phenoxy) is 1. The Labute approximate surface area is 94.9 Å². The monoisotopic (exact) mass is 241 g/mol. The number of hydrogen-bond acceptors (Lipinski definition) is 3. The van der Waals surface area contributed by atoms with Gasteiger partial charge < -0.3 is 9.84 Å². The van der Waals surface area contributed by atoms with Crippen LogP contribution in [0.4, 0.5) is 0 Å². The van der Waals surface area contributed by atoms with Gasteiger partial charge in [0.1, 0.15) is 6.23 Å². The Morgan fingerprint density at radius 3 is 2.21 bits per heavy atom. The van der Waals surface area contributed by atoms with Gasteiger partial charge in [-0.1, -0.05) is 37.0 Å². The number of aliphatic hydroxyl groups is 1. The van der Waals surface area contributed by atoms with Gasteiger partial charge in [-0.15, -0.1) is 0 Å². The van der Waals surface area contributed by atoms with Crippen molar-refractivity contribution >= 4 is 23.2 Å². The molecule has 0 aromatic heterocycles. The fourth-order valence-electron chi connectivity index (χ4n) is 1.36. The third-order valence-electron chi connectivity index (χ3n) is 2.51. The predicted molar refractivity (Wildman–Crippen MR) is 57.7 cm³/mol. The van der Waals surface area contributed by atoms with Crippen LogP contribution in [-0.4, -0.2) is 46.9 Å². The van der Waals surface area contributed by atoms with Crippen LogP contribution in [0.1, 0.15) is 13.8 Å². The zero-order valence-electron chi connectivity index (χ0n) is 8.54. The van der Waals surface area contributed by atoms with E-state index in [0.29, 0.717) is 26.3 Å². The minimum atomic E-state index is -1.11. The summed E-state index contributed by atoms with van der Waals surface area (Å²) in [4.78, 5) is 1.85. The quantitative estimate of drug-likeness (QED) is 0.760. The molecule has 1 rings (SSSR count). The van der Waals surface area contributed by atoms with Gasteiger partial charge in [0.15, 0.2) is 4.33 Å². The minimum absolute atomic E-state index is 0.00341. The van der Waals surface area contributed by atoms with E-state index in [1.165, 1.54) is 0 Å². The van der Waals surface area contributed by atoms with Crippen molar-refractivity contribution in [1.29, 1.82) is 0 Å². The van der Waals surface area contributed by atoms with Gasteiger partial charge in [0.25, 0.3) is 0 Å². The lowest BCUT2D eigenvalue weighted by molar-refractivity contribution is -0.0708. The molecule has 0 aromatic rings. The third-order valence-corrected chi connectivity index (χ3v) is 3.77. The van der Waals surface area contributed by atoms with E-state index in [4.69, 9.17) is 27.9 Å². The summed E-state index contributed by atoms with van der Waals surface area (Å²) in [7, 11) is 0. The first-order valence-corrected chi connectivity index (χ1v) is 5.59. The van der Waals surface area contributed by atoms with Crippen LogP contribution < -0.4 is 0 Å². The number of hydrogen-bond donors (Lipinski definition) is 1. The predicted octanol–water partition coefficient (Wildman–Crippen LogP) is 1.47. The maximum Gasteiger partial charge on any atom is 0.159 e. The first kappa shape index (κ1) is 12.5. The van der Waals surface area contributed by atoms with Crippen LogP contribution in [0.2, 0.25) is 0 Å². The highest BCUT2D eigenvalue weighted by molar-refractivity contribution is 6.49. The maximum atomic E-state index is 9.98. The van der Waals surface area contributed by atoms with Crippen molar-refractivity contribution in [3.8, 4) is 0 Å². The number of morpholine rings is 1. The molecule has 84 valence electrons. The lowest BCUT2D eigenvalue weighted by atomic mass is 10.1. The Hall–Kier alpha value is 0.460. The number of aliphatic hydroxyl groups excluding tert-OH is 1. The molecular weight excluding hydrogens is 225 g/mol. The summed E-state index contributed by atoms with van der Waals surface area (Å²) in [5, 5.41) is 9.98. The molecule has 1 aliphatic rings. The Balaban J connectivity index is 2.57. The van der Waals surface area contributed by atoms with Crippen LogP contribution in [0.25, 0.3) is 0 Å². The molecule has 1 saturated heterocycles. The molecular formula is C9H17Cl2NO2. The second-order valence-corrected chi connectivity index (χ2v) is 5.30. The van der Waals surface area contributed by atoms with Crippen molar-refractivity contribution in [2.75, 3.05) is 26.3 Å². The van der Waals surface area contributed by atoms with Crippen LogP contribution in [0.5, 0.6) is 0 Å². The molecule has 0 spiro atoms. The van der Waals surface area contributed by atoms with Crippen LogP contribution in [0, 0.1) is 5.92 Å². The van der Waals surface area contributed by atoms with Crippen molar-refractivity contribution < 1.29 is 9.84 Å². The van der Waals surface area contributed by atoms with Gasteiger partial charge in [-0.25, -0.2) is 0 Å². The Morgan fingerprint density at radius 1 is 1.29 bits per heavy atom. The van der Waals surface area contributed by atoms with Crippen LogP contribution in [0.15, 0.2) is 0 Å². The van der Waals surface area contributed by atoms with E-state index < -0.39 is 10.6 Å². The Morgan fingerprint density at radius 2 is 1.79 bits per heavy atom. The highest BCUT2D eigenvalue weighted by atomic mass is 35.5. The van der Waals surface area contributed by atoms with E-state index in [-0.39, 0.29) is 5.92 Å². The molecule has 14 heavy (non-hydrogen) atoms. The van der Waals surface area contributed by atoms with Crippen LogP contribution >= 0.6 is 23.2 Å². The molecule has 3 nitrogen and oxygen atoms in total. The summed E-state index contributed by atoms with van der Waals surface area (Å²) >= 11 is 12.2. The summed E-state index contributed by atoms with van der Waals surface area (Å²) in [5.41, 5.74) is 0. The van der Waals surface area contributed by atoms with Gasteiger partial charge in [0.05, 0.1) is 13.2 Å². The summed E-state index contributed by atoms with van der Waals surface area (Å²) in [6, 6.07) is 0. The van der Waals surface area contributed by atoms with Crippen molar-refractivity contribution in [3.05, 3.63) is 0 Å². The van der Waals surface area contributed by atoms with Crippen LogP contribution in [-0.2, 0) is 4.74 Å². The van der Waals surface area contributed by atoms with E-state index >= 15 is 0 Å². The van der Waals surface area contributed by atoms with E-state index in [1.807, 2.05) is 18.7 Å². The fourth-order valence-corrected chi connectivity index (χ4v) is 1.64. The molecule has 1 unspecified atom stereocenters. The van der Waals surface area contributed by atoms with E-state index in [0.717, 1.165) is 0 Å². The van der Waals surface area contributed by atoms with Crippen molar-refractivity contribution in [2.45, 2.75) is 24.4 Å². The lowest BCUT2D eigenvalue weighted by Crippen LogP contribution is -2.53. The lowest BCUT2D eigenvalue weighted by Gasteiger charge is -2.39. The van der Waals surface area contributed by atoms with E-state index in [1.54, 1.807) is 0 Å². The van der Waals surface area contributed by atoms with Crippen molar-refractivity contribution in [1.82, 2.24) is 4.90 Å². The molecule has 0 aliphatic carbocycles. The summed E-state index contributed by atoms with van der Waals surface area (Å²) in [5.74, 6) is 0.00341. The van der Waals surface area contributed by atoms with Gasteiger partial charge in [-0.3, -0.25) is 4.90 Å². The molecule has 0 saturated carbocycles. The second-order valence-electron chi connectivity index (χ2n) is 3.85. The summed E-state index contributed by atoms with van der Waals surface area (Å²) < 4.78 is 4.07. The molecule has 1 heterocycles. The smallest absolute Gasteiger partial charge is 0.159 e. The highest BCUT2D eigenvalue weighted by Crippen LogP contribution is 2.35. The average Bonchev–Trinajstić information content (AvgIpc) is 2.17. The zero-order chi connectivity index (χ0) is 10.8. The highest BCUT2D eigenvalue weighted by Gasteiger charge is 2.40. The second kappa shape index (κ2) is 4.99. The number of halogens is 2. The Kier molecular flexibility index (Phi) is 4.47. The largest absolute Gasteiger partial charge is 0.379 e. The van der Waals surface area contributed by atoms with Crippen LogP contribution in [0.3, 0.4) is 0 Å². The molecule has 1 N–H and O–H groups in total. The number of alkyl halides is 2. The standard InChI is InChI=1S/C9H17Cl2NO2/c1-7(2)9(10,11)8(13)12-3-5-14-6-4-12/h7-8,13H,3-6H2,1-2H3. The molecule has 0 amide bonds. The topological polar surface area (TPSA) is 32.7 Å². The van der Waals surface area contributed by atoms with Gasteiger partial charge in [-0.2, -0.15) is 0 Å². The molecule has 1 aliphatic heterocycles. The molecule has 0 aromatic carbocycles. The van der Waals surface area contributed by atoms with Gasteiger partial charge in [-0.05, 0) is 5.92 Å². The van der Waals surface area contributed by atoms with Gasteiger partial charge in [0.2, 0.25) is 0 Å². The van der Waals surface area contributed by atoms with Crippen molar-refractivity contribution in [3.63, 3.8) is 0 Å². The SMILES string of the molecule is CC(C)C(Cl)(Cl)C(O)N1CCOCC1. The van der Waals surface area contributed by atoms with E-state index in [9.17, 15) is 5.11 Å². The minimum Gasteiger partial charge on any atom is -0.379 e. The molecule has 0 radical (unpaired) electrons. The number of rotatable bonds is 3. The molecule has 5 heteroatoms. The Bertz CT molecular complexity index is 182. The van der Waals surface area contributed by atoms with E-state index in [2.05, 4.69) is 0 Å². The maximum absolute atomic E-state index is 9.98. The molecule has 1 atom stereocenters. The molecule has 0 bridgehead atoms. The fraction of sp³-hybridized carbons (Fsp3) is 1.00. The van der Waals surface area contributed by atoms with Gasteiger partial charge in [0, 0.05) is 13.1 Å². The zero-order valence-corrected chi connectivity index (χ0v) is 10.1. The summed E-state index contributed by atoms with van der Waals surface area (Å²) in [6.07, 6.45) is -0.824. The summed E-state index contributed by atoms with van der Waals surface area (Å²) in [6.45, 7) is 6.38. The van der Waals surface area contributed by atoms with Crippen molar-refractivity contribution in [2.24, 2.45) is 5.92 Å². The normalized spacial score (nSPS) is 22.7. The first-order valence-electron chi connectivity index (χ1n) is 4.84. The number of nitrogens with zero attached hydrogens (tertiary/aromatic N) is 1. The first-order chi connectivity index (χ1) is 6.46. The average molecular weight is 242 g/mol. The third kappa shape index (κ3) is 2.74. The molecule has 1 fully saturated rings. The van der Waals surface area contributed by atoms with Gasteiger partial charge >= 0.3 is 0 Å².